The quantitative estimate of drug-likeness (QED) is 0.549. The van der Waals surface area contributed by atoms with Crippen LogP contribution in [0.15, 0.2) is 47.4 Å². The normalized spacial score (nSPS) is 16.2. The van der Waals surface area contributed by atoms with Gasteiger partial charge in [-0.15, -0.1) is 0 Å². The molecule has 1 heterocycles. The third-order valence-corrected chi connectivity index (χ3v) is 7.08. The largest absolute Gasteiger partial charge is 0.366 e. The summed E-state index contributed by atoms with van der Waals surface area (Å²) in [6, 6.07) is 10.9. The summed E-state index contributed by atoms with van der Waals surface area (Å²) in [5.41, 5.74) is 6.57. The van der Waals surface area contributed by atoms with Crippen LogP contribution in [-0.2, 0) is 16.6 Å². The summed E-state index contributed by atoms with van der Waals surface area (Å²) in [6.07, 6.45) is 0.609. The van der Waals surface area contributed by atoms with Gasteiger partial charge in [0.2, 0.25) is 15.9 Å². The molecule has 1 saturated heterocycles. The van der Waals surface area contributed by atoms with Crippen molar-refractivity contribution in [1.29, 1.82) is 0 Å². The van der Waals surface area contributed by atoms with Crippen LogP contribution in [0, 0.1) is 17.0 Å². The number of nitrogens with two attached hydrogens (primary N) is 1. The van der Waals surface area contributed by atoms with E-state index in [1.807, 2.05) is 11.8 Å². The molecule has 1 aliphatic rings. The number of carbonyl (C=O) groups is 1. The smallest absolute Gasteiger partial charge is 0.274 e. The summed E-state index contributed by atoms with van der Waals surface area (Å²) >= 11 is 0. The van der Waals surface area contributed by atoms with E-state index in [4.69, 9.17) is 5.73 Å². The van der Waals surface area contributed by atoms with Gasteiger partial charge in [-0.2, -0.15) is 4.31 Å². The fourth-order valence-corrected chi connectivity index (χ4v) is 4.94. The predicted octanol–water partition coefficient (Wildman–Crippen LogP) is 1.90. The Hall–Kier alpha value is -2.82. The molecule has 0 radical (unpaired) electrons. The molecule has 0 aliphatic carbocycles. The second-order valence-electron chi connectivity index (χ2n) is 7.31. The van der Waals surface area contributed by atoms with Crippen LogP contribution in [0.2, 0.25) is 0 Å². The first-order chi connectivity index (χ1) is 14.2. The Balaban J connectivity index is 1.74. The van der Waals surface area contributed by atoms with E-state index in [0.717, 1.165) is 5.56 Å². The van der Waals surface area contributed by atoms with Crippen LogP contribution in [0.25, 0.3) is 0 Å². The topological polar surface area (TPSA) is 127 Å². The van der Waals surface area contributed by atoms with E-state index >= 15 is 0 Å². The predicted molar refractivity (Wildman–Crippen MR) is 111 cm³/mol. The lowest BCUT2D eigenvalue weighted by Crippen LogP contribution is -2.35. The van der Waals surface area contributed by atoms with Gasteiger partial charge in [0.25, 0.3) is 5.69 Å². The Morgan fingerprint density at radius 2 is 1.80 bits per heavy atom. The molecule has 0 saturated carbocycles. The van der Waals surface area contributed by atoms with Gasteiger partial charge in [0, 0.05) is 43.4 Å². The SMILES string of the molecule is Cc1ccc(S(=O)(=O)N2CCCN(Cc3ccc(C(N)=O)cc3[N+](=O)[O-])CC2)cc1. The van der Waals surface area contributed by atoms with Crippen LogP contribution < -0.4 is 5.73 Å². The minimum absolute atomic E-state index is 0.0803. The van der Waals surface area contributed by atoms with Crippen molar-refractivity contribution >= 4 is 21.6 Å². The molecule has 10 heteroatoms. The number of nitro benzene ring substituents is 1. The fourth-order valence-electron chi connectivity index (χ4n) is 3.47. The third kappa shape index (κ3) is 4.84. The van der Waals surface area contributed by atoms with E-state index in [1.54, 1.807) is 24.3 Å². The number of sulfonamides is 1. The first kappa shape index (κ1) is 21.9. The Morgan fingerprint density at radius 3 is 2.43 bits per heavy atom. The maximum Gasteiger partial charge on any atom is 0.274 e. The van der Waals surface area contributed by atoms with Crippen LogP contribution in [-0.4, -0.2) is 54.6 Å². The van der Waals surface area contributed by atoms with Crippen molar-refractivity contribution in [3.05, 3.63) is 69.3 Å². The molecule has 3 rings (SSSR count). The van der Waals surface area contributed by atoms with Crippen LogP contribution >= 0.6 is 0 Å². The monoisotopic (exact) mass is 432 g/mol. The van der Waals surface area contributed by atoms with Gasteiger partial charge in [0.05, 0.1) is 9.82 Å². The van der Waals surface area contributed by atoms with Crippen molar-refractivity contribution in [1.82, 2.24) is 9.21 Å². The average molecular weight is 433 g/mol. The number of hydrogen-bond donors (Lipinski definition) is 1. The number of nitrogens with zero attached hydrogens (tertiary/aromatic N) is 3. The van der Waals surface area contributed by atoms with Gasteiger partial charge < -0.3 is 5.73 Å². The lowest BCUT2D eigenvalue weighted by atomic mass is 10.1. The maximum absolute atomic E-state index is 12.9. The molecular formula is C20H24N4O5S. The van der Waals surface area contributed by atoms with E-state index in [9.17, 15) is 23.3 Å². The number of aryl methyl sites for hydroxylation is 1. The van der Waals surface area contributed by atoms with E-state index in [2.05, 4.69) is 0 Å². The lowest BCUT2D eigenvalue weighted by molar-refractivity contribution is -0.385. The van der Waals surface area contributed by atoms with Crippen LogP contribution in [0.4, 0.5) is 5.69 Å². The minimum atomic E-state index is -3.59. The number of carbonyl (C=O) groups excluding carboxylic acids is 1. The second-order valence-corrected chi connectivity index (χ2v) is 9.25. The van der Waals surface area contributed by atoms with Crippen molar-refractivity contribution < 1.29 is 18.1 Å². The highest BCUT2D eigenvalue weighted by Crippen LogP contribution is 2.24. The highest BCUT2D eigenvalue weighted by atomic mass is 32.2. The van der Waals surface area contributed by atoms with Gasteiger partial charge in [-0.25, -0.2) is 8.42 Å². The lowest BCUT2D eigenvalue weighted by Gasteiger charge is -2.22. The third-order valence-electron chi connectivity index (χ3n) is 5.17. The Morgan fingerprint density at radius 1 is 1.10 bits per heavy atom. The summed E-state index contributed by atoms with van der Waals surface area (Å²) in [4.78, 5) is 24.4. The van der Waals surface area contributed by atoms with E-state index in [1.165, 1.54) is 22.5 Å². The van der Waals surface area contributed by atoms with Crippen molar-refractivity contribution in [2.45, 2.75) is 24.8 Å². The first-order valence-electron chi connectivity index (χ1n) is 9.55. The van der Waals surface area contributed by atoms with Crippen LogP contribution in [0.5, 0.6) is 0 Å². The molecule has 0 bridgehead atoms. The van der Waals surface area contributed by atoms with Gasteiger partial charge in [-0.05, 0) is 38.1 Å². The zero-order valence-corrected chi connectivity index (χ0v) is 17.5. The van der Waals surface area contributed by atoms with Gasteiger partial charge in [-0.1, -0.05) is 23.8 Å². The zero-order chi connectivity index (χ0) is 21.9. The maximum atomic E-state index is 12.9. The molecule has 160 valence electrons. The summed E-state index contributed by atoms with van der Waals surface area (Å²) in [5.74, 6) is -0.726. The summed E-state index contributed by atoms with van der Waals surface area (Å²) in [5, 5.41) is 11.4. The van der Waals surface area contributed by atoms with E-state index in [0.29, 0.717) is 38.2 Å². The molecule has 0 unspecified atom stereocenters. The molecule has 0 spiro atoms. The Bertz CT molecular complexity index is 1050. The Labute approximate surface area is 175 Å². The fraction of sp³-hybridized carbons (Fsp3) is 0.350. The van der Waals surface area contributed by atoms with Gasteiger partial charge in [0.1, 0.15) is 0 Å². The summed E-state index contributed by atoms with van der Waals surface area (Å²) in [7, 11) is -3.59. The highest BCUT2D eigenvalue weighted by molar-refractivity contribution is 7.89. The summed E-state index contributed by atoms with van der Waals surface area (Å²) < 4.78 is 27.3. The molecule has 2 N–H and O–H groups in total. The van der Waals surface area contributed by atoms with Crippen molar-refractivity contribution in [2.24, 2.45) is 5.73 Å². The van der Waals surface area contributed by atoms with E-state index in [-0.39, 0.29) is 22.7 Å². The number of primary amides is 1. The van der Waals surface area contributed by atoms with Crippen LogP contribution in [0.1, 0.15) is 27.9 Å². The molecule has 1 amide bonds. The summed E-state index contributed by atoms with van der Waals surface area (Å²) in [6.45, 7) is 3.91. The number of amides is 1. The molecule has 2 aromatic rings. The number of benzene rings is 2. The van der Waals surface area contributed by atoms with E-state index < -0.39 is 20.9 Å². The standard InChI is InChI=1S/C20H24N4O5S/c1-15-3-7-18(8-4-15)30(28,29)23-10-2-9-22(11-12-23)14-17-6-5-16(20(21)25)13-19(17)24(26)27/h3-8,13H,2,9-12,14H2,1H3,(H2,21,25). The zero-order valence-electron chi connectivity index (χ0n) is 16.7. The van der Waals surface area contributed by atoms with Gasteiger partial charge in [-0.3, -0.25) is 19.8 Å². The Kier molecular flexibility index (Phi) is 6.49. The number of hydrogen-bond acceptors (Lipinski definition) is 6. The molecular weight excluding hydrogens is 408 g/mol. The van der Waals surface area contributed by atoms with Gasteiger partial charge >= 0.3 is 0 Å². The second kappa shape index (κ2) is 8.90. The molecule has 1 fully saturated rings. The minimum Gasteiger partial charge on any atom is -0.366 e. The number of nitro groups is 1. The number of rotatable bonds is 6. The highest BCUT2D eigenvalue weighted by Gasteiger charge is 2.27. The average Bonchev–Trinajstić information content (AvgIpc) is 2.94. The molecule has 2 aromatic carbocycles. The molecule has 30 heavy (non-hydrogen) atoms. The first-order valence-corrected chi connectivity index (χ1v) is 11.0. The molecule has 0 atom stereocenters. The van der Waals surface area contributed by atoms with Crippen LogP contribution in [0.3, 0.4) is 0 Å². The van der Waals surface area contributed by atoms with Crippen molar-refractivity contribution in [2.75, 3.05) is 26.2 Å². The van der Waals surface area contributed by atoms with Gasteiger partial charge in [0.15, 0.2) is 0 Å². The van der Waals surface area contributed by atoms with Crippen molar-refractivity contribution in [3.63, 3.8) is 0 Å². The molecule has 9 nitrogen and oxygen atoms in total. The molecule has 0 aromatic heterocycles. The van der Waals surface area contributed by atoms with Crippen molar-refractivity contribution in [3.8, 4) is 0 Å². The molecule has 1 aliphatic heterocycles.